The Kier molecular flexibility index (Phi) is 6.51. The Morgan fingerprint density at radius 2 is 1.60 bits per heavy atom. The Bertz CT molecular complexity index is 1030. The van der Waals surface area contributed by atoms with Gasteiger partial charge in [0.15, 0.2) is 11.4 Å². The van der Waals surface area contributed by atoms with Crippen LogP contribution >= 0.6 is 0 Å². The molecule has 0 aliphatic rings. The Labute approximate surface area is 174 Å². The third kappa shape index (κ3) is 5.80. The lowest BCUT2D eigenvalue weighted by molar-refractivity contribution is -0.152. The molecule has 0 aliphatic heterocycles. The van der Waals surface area contributed by atoms with Crippen LogP contribution in [0.15, 0.2) is 36.4 Å². The van der Waals surface area contributed by atoms with Crippen LogP contribution in [-0.4, -0.2) is 22.6 Å². The van der Waals surface area contributed by atoms with E-state index in [1.807, 2.05) is 0 Å². The van der Waals surface area contributed by atoms with E-state index in [0.717, 1.165) is 6.07 Å². The van der Waals surface area contributed by atoms with Gasteiger partial charge in [-0.05, 0) is 44.2 Å². The van der Waals surface area contributed by atoms with E-state index in [4.69, 9.17) is 9.84 Å². The summed E-state index contributed by atoms with van der Waals surface area (Å²) in [5.41, 5.74) is -1.85. The maximum Gasteiger partial charge on any atom is 0.347 e. The summed E-state index contributed by atoms with van der Waals surface area (Å²) < 4.78 is 33.4. The van der Waals surface area contributed by atoms with E-state index in [-0.39, 0.29) is 11.3 Å². The number of ether oxygens (including phenoxy) is 1. The van der Waals surface area contributed by atoms with Gasteiger partial charge in [0.05, 0.1) is 11.3 Å². The summed E-state index contributed by atoms with van der Waals surface area (Å²) in [6.45, 7) is 7.86. The summed E-state index contributed by atoms with van der Waals surface area (Å²) in [5, 5.41) is 11.6. The molecule has 1 amide bonds. The topological polar surface area (TPSA) is 75.6 Å². The minimum absolute atomic E-state index is 0.00237. The van der Waals surface area contributed by atoms with Gasteiger partial charge in [-0.3, -0.25) is 4.79 Å². The number of carbonyl (C=O) groups excluding carboxylic acids is 1. The molecule has 0 unspecified atom stereocenters. The van der Waals surface area contributed by atoms with Crippen LogP contribution in [0.3, 0.4) is 0 Å². The molecule has 2 aromatic carbocycles. The van der Waals surface area contributed by atoms with Crippen LogP contribution in [0.4, 0.5) is 14.5 Å². The summed E-state index contributed by atoms with van der Waals surface area (Å²) >= 11 is 0. The lowest BCUT2D eigenvalue weighted by Crippen LogP contribution is -2.37. The number of hydrogen-bond acceptors (Lipinski definition) is 3. The molecule has 0 spiro atoms. The highest BCUT2D eigenvalue weighted by molar-refractivity contribution is 5.95. The van der Waals surface area contributed by atoms with Gasteiger partial charge in [-0.15, -0.1) is 0 Å². The van der Waals surface area contributed by atoms with Crippen LogP contribution in [0.5, 0.6) is 5.75 Å². The first-order chi connectivity index (χ1) is 13.8. The van der Waals surface area contributed by atoms with Crippen molar-refractivity contribution in [1.82, 2.24) is 0 Å². The average molecular weight is 415 g/mol. The second-order valence-electron chi connectivity index (χ2n) is 8.21. The van der Waals surface area contributed by atoms with Crippen molar-refractivity contribution in [3.8, 4) is 17.6 Å². The molecule has 5 nitrogen and oxygen atoms in total. The Balaban J connectivity index is 2.31. The number of benzene rings is 2. The fraction of sp³-hybridized carbons (Fsp3) is 0.304. The fourth-order valence-electron chi connectivity index (χ4n) is 2.18. The number of anilines is 1. The number of nitrogens with one attached hydrogen (secondary N) is 1. The van der Waals surface area contributed by atoms with Crippen LogP contribution < -0.4 is 10.1 Å². The first-order valence-corrected chi connectivity index (χ1v) is 9.14. The second-order valence-corrected chi connectivity index (χ2v) is 8.21. The van der Waals surface area contributed by atoms with Crippen molar-refractivity contribution >= 4 is 17.6 Å². The lowest BCUT2D eigenvalue weighted by atomic mass is 9.95. The van der Waals surface area contributed by atoms with E-state index in [0.29, 0.717) is 17.4 Å². The maximum absolute atomic E-state index is 14.3. The SMILES string of the molecule is CC(C)(C)C(=O)Nc1c(F)cc(F)cc1C#Cc1ccc(OC(C)(C)C(=O)O)cc1. The van der Waals surface area contributed by atoms with Crippen molar-refractivity contribution in [2.45, 2.75) is 40.2 Å². The van der Waals surface area contributed by atoms with Crippen LogP contribution in [0.25, 0.3) is 0 Å². The number of carboxylic acid groups (broad SMARTS) is 1. The minimum Gasteiger partial charge on any atom is -0.478 e. The molecule has 0 aromatic heterocycles. The summed E-state index contributed by atoms with van der Waals surface area (Å²) in [4.78, 5) is 23.4. The maximum atomic E-state index is 14.3. The second kappa shape index (κ2) is 8.54. The number of aliphatic carboxylic acids is 1. The Hall–Kier alpha value is -3.40. The van der Waals surface area contributed by atoms with E-state index < -0.39 is 34.5 Å². The Morgan fingerprint density at radius 3 is 2.13 bits per heavy atom. The van der Waals surface area contributed by atoms with Gasteiger partial charge in [0, 0.05) is 17.0 Å². The normalized spacial score (nSPS) is 11.3. The first kappa shape index (κ1) is 22.9. The predicted octanol–water partition coefficient (Wildman–Crippen LogP) is 4.59. The van der Waals surface area contributed by atoms with Crippen molar-refractivity contribution in [2.75, 3.05) is 5.32 Å². The fourth-order valence-corrected chi connectivity index (χ4v) is 2.18. The van der Waals surface area contributed by atoms with E-state index in [2.05, 4.69) is 17.2 Å². The third-order valence-electron chi connectivity index (χ3n) is 4.06. The van der Waals surface area contributed by atoms with Crippen LogP contribution in [0.2, 0.25) is 0 Å². The number of halogens is 2. The van der Waals surface area contributed by atoms with E-state index in [9.17, 15) is 18.4 Å². The molecule has 0 saturated heterocycles. The minimum atomic E-state index is -1.40. The molecule has 0 atom stereocenters. The first-order valence-electron chi connectivity index (χ1n) is 9.14. The molecule has 2 rings (SSSR count). The summed E-state index contributed by atoms with van der Waals surface area (Å²) in [5.74, 6) is 2.51. The molecule has 2 aromatic rings. The molecule has 0 fully saturated rings. The molecule has 158 valence electrons. The Morgan fingerprint density at radius 1 is 1.00 bits per heavy atom. The molecule has 0 aliphatic carbocycles. The number of carboxylic acids is 1. The van der Waals surface area contributed by atoms with Gasteiger partial charge in [-0.1, -0.05) is 32.6 Å². The van der Waals surface area contributed by atoms with Crippen molar-refractivity contribution in [3.63, 3.8) is 0 Å². The van der Waals surface area contributed by atoms with E-state index >= 15 is 0 Å². The van der Waals surface area contributed by atoms with Crippen molar-refractivity contribution in [3.05, 3.63) is 59.2 Å². The largest absolute Gasteiger partial charge is 0.478 e. The highest BCUT2D eigenvalue weighted by Gasteiger charge is 2.29. The molecule has 0 saturated carbocycles. The highest BCUT2D eigenvalue weighted by atomic mass is 19.1. The van der Waals surface area contributed by atoms with Gasteiger partial charge in [0.1, 0.15) is 11.6 Å². The van der Waals surface area contributed by atoms with Gasteiger partial charge >= 0.3 is 5.97 Å². The zero-order valence-electron chi connectivity index (χ0n) is 17.4. The summed E-state index contributed by atoms with van der Waals surface area (Å²) in [7, 11) is 0. The van der Waals surface area contributed by atoms with Crippen molar-refractivity contribution in [1.29, 1.82) is 0 Å². The van der Waals surface area contributed by atoms with Crippen LogP contribution in [-0.2, 0) is 9.59 Å². The van der Waals surface area contributed by atoms with Gasteiger partial charge in [0.2, 0.25) is 5.91 Å². The van der Waals surface area contributed by atoms with Gasteiger partial charge in [-0.2, -0.15) is 0 Å². The smallest absolute Gasteiger partial charge is 0.347 e. The van der Waals surface area contributed by atoms with E-state index in [1.165, 1.54) is 13.8 Å². The molecule has 0 heterocycles. The standard InChI is InChI=1S/C23H23F2NO4/c1-22(2,3)20(27)26-19-15(12-16(24)13-18(19)25)9-6-14-7-10-17(11-8-14)30-23(4,5)21(28)29/h7-8,10-13H,1-5H3,(H,26,27)(H,28,29). The molecular weight excluding hydrogens is 392 g/mol. The van der Waals surface area contributed by atoms with Gasteiger partial charge < -0.3 is 15.2 Å². The average Bonchev–Trinajstić information content (AvgIpc) is 2.62. The van der Waals surface area contributed by atoms with Crippen molar-refractivity contribution < 1.29 is 28.2 Å². The van der Waals surface area contributed by atoms with Gasteiger partial charge in [-0.25, -0.2) is 13.6 Å². The number of hydrogen-bond donors (Lipinski definition) is 2. The van der Waals surface area contributed by atoms with E-state index in [1.54, 1.807) is 45.0 Å². The molecule has 2 N–H and O–H groups in total. The molecule has 0 bridgehead atoms. The number of rotatable bonds is 4. The predicted molar refractivity (Wildman–Crippen MR) is 109 cm³/mol. The van der Waals surface area contributed by atoms with Gasteiger partial charge in [0.25, 0.3) is 0 Å². The number of amides is 1. The van der Waals surface area contributed by atoms with Crippen molar-refractivity contribution in [2.24, 2.45) is 5.41 Å². The number of carbonyl (C=O) groups is 2. The zero-order valence-corrected chi connectivity index (χ0v) is 17.4. The van der Waals surface area contributed by atoms with Crippen LogP contribution in [0, 0.1) is 28.9 Å². The third-order valence-corrected chi connectivity index (χ3v) is 4.06. The molecule has 0 radical (unpaired) electrons. The zero-order chi connectivity index (χ0) is 22.7. The molecular formula is C23H23F2NO4. The molecule has 30 heavy (non-hydrogen) atoms. The monoisotopic (exact) mass is 415 g/mol. The summed E-state index contributed by atoms with van der Waals surface area (Å²) in [6, 6.07) is 7.99. The van der Waals surface area contributed by atoms with Crippen LogP contribution in [0.1, 0.15) is 45.7 Å². The highest BCUT2D eigenvalue weighted by Crippen LogP contribution is 2.25. The molecule has 7 heteroatoms. The summed E-state index contributed by atoms with van der Waals surface area (Å²) in [6.07, 6.45) is 0. The lowest BCUT2D eigenvalue weighted by Gasteiger charge is -2.21. The quantitative estimate of drug-likeness (QED) is 0.716.